The highest BCUT2D eigenvalue weighted by Crippen LogP contribution is 2.23. The molecule has 0 aliphatic heterocycles. The lowest BCUT2D eigenvalue weighted by atomic mass is 10.3. The van der Waals surface area contributed by atoms with Gasteiger partial charge in [-0.15, -0.1) is 0 Å². The predicted molar refractivity (Wildman–Crippen MR) is 49.6 cm³/mol. The van der Waals surface area contributed by atoms with E-state index >= 15 is 0 Å². The van der Waals surface area contributed by atoms with Crippen LogP contribution in [0.5, 0.6) is 0 Å². The zero-order valence-electron chi connectivity index (χ0n) is 6.65. The molecule has 0 saturated carbocycles. The van der Waals surface area contributed by atoms with Gasteiger partial charge in [0.2, 0.25) is 0 Å². The molecule has 2 nitrogen and oxygen atoms in total. The molecule has 0 spiro atoms. The van der Waals surface area contributed by atoms with E-state index < -0.39 is 11.6 Å². The summed E-state index contributed by atoms with van der Waals surface area (Å²) in [4.78, 5) is 0. The van der Waals surface area contributed by atoms with Gasteiger partial charge in [0.05, 0.1) is 6.61 Å². The monoisotopic (exact) mass is 251 g/mol. The van der Waals surface area contributed by atoms with Crippen LogP contribution in [0, 0.1) is 11.6 Å². The zero-order valence-corrected chi connectivity index (χ0v) is 8.24. The standard InChI is InChI=1S/C8H8BrF2NO/c9-5-3-6(10)8(7(11)4-5)12-1-2-13/h3-4,12-13H,1-2H2. The van der Waals surface area contributed by atoms with E-state index in [0.29, 0.717) is 4.47 Å². The molecule has 5 heteroatoms. The summed E-state index contributed by atoms with van der Waals surface area (Å²) >= 11 is 2.96. The lowest BCUT2D eigenvalue weighted by Crippen LogP contribution is -2.08. The van der Waals surface area contributed by atoms with Crippen molar-refractivity contribution in [2.24, 2.45) is 0 Å². The molecule has 0 atom stereocenters. The van der Waals surface area contributed by atoms with E-state index in [9.17, 15) is 8.78 Å². The van der Waals surface area contributed by atoms with Gasteiger partial charge in [0.1, 0.15) is 17.3 Å². The third kappa shape index (κ3) is 2.63. The summed E-state index contributed by atoms with van der Waals surface area (Å²) in [5.74, 6) is -1.36. The molecule has 0 saturated heterocycles. The third-order valence-electron chi connectivity index (χ3n) is 1.42. The SMILES string of the molecule is OCCNc1c(F)cc(Br)cc1F. The molecule has 0 heterocycles. The van der Waals surface area contributed by atoms with Crippen molar-refractivity contribution in [3.05, 3.63) is 28.2 Å². The lowest BCUT2D eigenvalue weighted by molar-refractivity contribution is 0.310. The number of nitrogens with one attached hydrogen (secondary N) is 1. The third-order valence-corrected chi connectivity index (χ3v) is 1.88. The molecular weight excluding hydrogens is 244 g/mol. The second kappa shape index (κ2) is 4.53. The minimum Gasteiger partial charge on any atom is -0.395 e. The first-order chi connectivity index (χ1) is 6.15. The number of aliphatic hydroxyl groups excluding tert-OH is 1. The quantitative estimate of drug-likeness (QED) is 0.863. The number of anilines is 1. The summed E-state index contributed by atoms with van der Waals surface area (Å²) in [5, 5.41) is 10.9. The van der Waals surface area contributed by atoms with Crippen molar-refractivity contribution < 1.29 is 13.9 Å². The largest absolute Gasteiger partial charge is 0.395 e. The van der Waals surface area contributed by atoms with Crippen LogP contribution in [-0.4, -0.2) is 18.3 Å². The molecule has 0 fully saturated rings. The second-order valence-electron chi connectivity index (χ2n) is 2.39. The van der Waals surface area contributed by atoms with Crippen molar-refractivity contribution in [3.63, 3.8) is 0 Å². The first-order valence-corrected chi connectivity index (χ1v) is 4.43. The van der Waals surface area contributed by atoms with Gasteiger partial charge in [0, 0.05) is 11.0 Å². The average Bonchev–Trinajstić information content (AvgIpc) is 2.02. The minimum atomic E-state index is -0.680. The molecule has 1 aromatic rings. The minimum absolute atomic E-state index is 0.121. The molecule has 0 bridgehead atoms. The summed E-state index contributed by atoms with van der Waals surface area (Å²) in [6, 6.07) is 2.31. The highest BCUT2D eigenvalue weighted by atomic mass is 79.9. The summed E-state index contributed by atoms with van der Waals surface area (Å²) in [5.41, 5.74) is -0.211. The fraction of sp³-hybridized carbons (Fsp3) is 0.250. The van der Waals surface area contributed by atoms with Crippen LogP contribution in [0.1, 0.15) is 0 Å². The second-order valence-corrected chi connectivity index (χ2v) is 3.31. The van der Waals surface area contributed by atoms with Crippen LogP contribution in [0.25, 0.3) is 0 Å². The highest BCUT2D eigenvalue weighted by molar-refractivity contribution is 9.10. The molecule has 0 amide bonds. The Hall–Kier alpha value is -0.680. The Kier molecular flexibility index (Phi) is 3.62. The van der Waals surface area contributed by atoms with Crippen LogP contribution in [0.15, 0.2) is 16.6 Å². The van der Waals surface area contributed by atoms with Crippen molar-refractivity contribution in [1.29, 1.82) is 0 Å². The number of halogens is 3. The topological polar surface area (TPSA) is 32.3 Å². The molecule has 0 unspecified atom stereocenters. The first-order valence-electron chi connectivity index (χ1n) is 3.64. The first kappa shape index (κ1) is 10.4. The molecule has 0 aromatic heterocycles. The Morgan fingerprint density at radius 3 is 2.31 bits per heavy atom. The van der Waals surface area contributed by atoms with Gasteiger partial charge in [-0.1, -0.05) is 15.9 Å². The fourth-order valence-corrected chi connectivity index (χ4v) is 1.29. The molecule has 1 rings (SSSR count). The van der Waals surface area contributed by atoms with Gasteiger partial charge in [-0.05, 0) is 12.1 Å². The van der Waals surface area contributed by atoms with E-state index in [4.69, 9.17) is 5.11 Å². The molecule has 13 heavy (non-hydrogen) atoms. The van der Waals surface area contributed by atoms with Gasteiger partial charge >= 0.3 is 0 Å². The Morgan fingerprint density at radius 1 is 1.31 bits per heavy atom. The maximum Gasteiger partial charge on any atom is 0.150 e. The summed E-state index contributed by atoms with van der Waals surface area (Å²) < 4.78 is 26.4. The van der Waals surface area contributed by atoms with E-state index in [0.717, 1.165) is 12.1 Å². The van der Waals surface area contributed by atoms with Gasteiger partial charge in [-0.25, -0.2) is 8.78 Å². The Bertz CT molecular complexity index is 283. The van der Waals surface area contributed by atoms with Crippen molar-refractivity contribution in [1.82, 2.24) is 0 Å². The smallest absolute Gasteiger partial charge is 0.150 e. The van der Waals surface area contributed by atoms with Gasteiger partial charge in [0.15, 0.2) is 0 Å². The normalized spacial score (nSPS) is 10.2. The number of hydrogen-bond acceptors (Lipinski definition) is 2. The van der Waals surface area contributed by atoms with Crippen LogP contribution in [0.3, 0.4) is 0 Å². The van der Waals surface area contributed by atoms with Crippen LogP contribution in [0.2, 0.25) is 0 Å². The van der Waals surface area contributed by atoms with Gasteiger partial charge in [-0.2, -0.15) is 0 Å². The number of aliphatic hydroxyl groups is 1. The van der Waals surface area contributed by atoms with Crippen molar-refractivity contribution in [2.45, 2.75) is 0 Å². The number of benzene rings is 1. The van der Waals surface area contributed by atoms with Crippen LogP contribution >= 0.6 is 15.9 Å². The van der Waals surface area contributed by atoms with Crippen molar-refractivity contribution in [3.8, 4) is 0 Å². The molecular formula is C8H8BrF2NO. The van der Waals surface area contributed by atoms with Crippen LogP contribution in [-0.2, 0) is 0 Å². The highest BCUT2D eigenvalue weighted by Gasteiger charge is 2.08. The summed E-state index contributed by atoms with van der Waals surface area (Å²) in [7, 11) is 0. The summed E-state index contributed by atoms with van der Waals surface area (Å²) in [6.45, 7) is -0.0512. The fourth-order valence-electron chi connectivity index (χ4n) is 0.892. The van der Waals surface area contributed by atoms with Gasteiger partial charge in [-0.3, -0.25) is 0 Å². The lowest BCUT2D eigenvalue weighted by Gasteiger charge is -2.07. The van der Waals surface area contributed by atoms with E-state index in [-0.39, 0.29) is 18.8 Å². The van der Waals surface area contributed by atoms with E-state index in [1.807, 2.05) is 0 Å². The molecule has 0 aliphatic carbocycles. The predicted octanol–water partition coefficient (Wildman–Crippen LogP) is 2.13. The zero-order chi connectivity index (χ0) is 9.84. The Morgan fingerprint density at radius 2 is 1.85 bits per heavy atom. The van der Waals surface area contributed by atoms with Gasteiger partial charge < -0.3 is 10.4 Å². The van der Waals surface area contributed by atoms with Crippen LogP contribution < -0.4 is 5.32 Å². The van der Waals surface area contributed by atoms with E-state index in [1.54, 1.807) is 0 Å². The van der Waals surface area contributed by atoms with Crippen LogP contribution in [0.4, 0.5) is 14.5 Å². The van der Waals surface area contributed by atoms with Gasteiger partial charge in [0.25, 0.3) is 0 Å². The Balaban J connectivity index is 2.92. The molecule has 1 aromatic carbocycles. The summed E-state index contributed by atoms with van der Waals surface area (Å²) in [6.07, 6.45) is 0. The molecule has 0 radical (unpaired) electrons. The van der Waals surface area contributed by atoms with E-state index in [2.05, 4.69) is 21.2 Å². The molecule has 72 valence electrons. The molecule has 2 N–H and O–H groups in total. The Labute approximate surface area is 82.7 Å². The average molecular weight is 252 g/mol. The number of rotatable bonds is 3. The van der Waals surface area contributed by atoms with Crippen molar-refractivity contribution >= 4 is 21.6 Å². The van der Waals surface area contributed by atoms with Crippen molar-refractivity contribution in [2.75, 3.05) is 18.5 Å². The van der Waals surface area contributed by atoms with E-state index in [1.165, 1.54) is 0 Å². The number of hydrogen-bond donors (Lipinski definition) is 2. The maximum absolute atomic E-state index is 13.0. The molecule has 0 aliphatic rings. The maximum atomic E-state index is 13.0.